The Morgan fingerprint density at radius 1 is 1.21 bits per heavy atom. The largest absolute Gasteiger partial charge is 0.381 e. The van der Waals surface area contributed by atoms with E-state index >= 15 is 0 Å². The Balaban J connectivity index is 2.92. The van der Waals surface area contributed by atoms with Gasteiger partial charge in [-0.2, -0.15) is 0 Å². The fourth-order valence-electron chi connectivity index (χ4n) is 1.05. The molecule has 1 N–H and O–H groups in total. The first kappa shape index (κ1) is 13.9. The van der Waals surface area contributed by atoms with Crippen molar-refractivity contribution < 1.29 is 4.74 Å². The van der Waals surface area contributed by atoms with Gasteiger partial charge in [-0.05, 0) is 33.0 Å². The summed E-state index contributed by atoms with van der Waals surface area (Å²) in [7, 11) is 4.18. The summed E-state index contributed by atoms with van der Waals surface area (Å²) in [6, 6.07) is 0. The number of ether oxygens (including phenoxy) is 1. The number of hydrogen-bond acceptors (Lipinski definition) is 3. The number of nitrogens with one attached hydrogen (secondary N) is 1. The normalized spacial score (nSPS) is 11.6. The Morgan fingerprint density at radius 2 is 1.93 bits per heavy atom. The fraction of sp³-hybridized carbons (Fsp3) is 1.00. The second kappa shape index (κ2) is 9.44. The van der Waals surface area contributed by atoms with E-state index in [1.54, 1.807) is 0 Å². The predicted octanol–water partition coefficient (Wildman–Crippen LogP) is 1.20. The SMILES string of the molecule is CC(C)COCCCNCCN(C)C. The molecule has 0 fully saturated rings. The van der Waals surface area contributed by atoms with Crippen LogP contribution in [0, 0.1) is 5.92 Å². The molecule has 0 spiro atoms. The van der Waals surface area contributed by atoms with Crippen LogP contribution >= 0.6 is 0 Å². The molecule has 0 aliphatic rings. The zero-order valence-corrected chi connectivity index (χ0v) is 10.2. The Kier molecular flexibility index (Phi) is 9.35. The summed E-state index contributed by atoms with van der Waals surface area (Å²) in [5, 5.41) is 3.38. The topological polar surface area (TPSA) is 24.5 Å². The van der Waals surface area contributed by atoms with Crippen molar-refractivity contribution in [3.8, 4) is 0 Å². The maximum atomic E-state index is 5.47. The summed E-state index contributed by atoms with van der Waals surface area (Å²) in [5.74, 6) is 0.650. The minimum atomic E-state index is 0.650. The minimum absolute atomic E-state index is 0.650. The molecule has 3 heteroatoms. The van der Waals surface area contributed by atoms with E-state index in [2.05, 4.69) is 38.2 Å². The summed E-state index contributed by atoms with van der Waals surface area (Å²) in [4.78, 5) is 2.18. The molecule has 0 aliphatic carbocycles. The third-order valence-electron chi connectivity index (χ3n) is 1.83. The molecule has 0 aromatic heterocycles. The summed E-state index contributed by atoms with van der Waals surface area (Å²) < 4.78 is 5.47. The van der Waals surface area contributed by atoms with E-state index in [1.165, 1.54) is 0 Å². The number of nitrogens with zero attached hydrogens (tertiary/aromatic N) is 1. The van der Waals surface area contributed by atoms with Gasteiger partial charge in [0.1, 0.15) is 0 Å². The van der Waals surface area contributed by atoms with Crippen LogP contribution in [-0.4, -0.2) is 51.8 Å². The highest BCUT2D eigenvalue weighted by molar-refractivity contribution is 4.50. The number of hydrogen-bond donors (Lipinski definition) is 1. The fourth-order valence-corrected chi connectivity index (χ4v) is 1.05. The van der Waals surface area contributed by atoms with Gasteiger partial charge in [-0.3, -0.25) is 0 Å². The molecule has 0 heterocycles. The Labute approximate surface area is 88.8 Å². The molecule has 0 saturated heterocycles. The van der Waals surface area contributed by atoms with Crippen LogP contribution in [0.4, 0.5) is 0 Å². The molecule has 0 radical (unpaired) electrons. The molecule has 0 rings (SSSR count). The van der Waals surface area contributed by atoms with Crippen LogP contribution in [0.15, 0.2) is 0 Å². The van der Waals surface area contributed by atoms with Crippen LogP contribution in [0.25, 0.3) is 0 Å². The van der Waals surface area contributed by atoms with Gasteiger partial charge >= 0.3 is 0 Å². The minimum Gasteiger partial charge on any atom is -0.381 e. The molecule has 3 nitrogen and oxygen atoms in total. The van der Waals surface area contributed by atoms with Crippen LogP contribution < -0.4 is 5.32 Å². The number of likely N-dealkylation sites (N-methyl/N-ethyl adjacent to an activating group) is 1. The number of rotatable bonds is 9. The first-order chi connectivity index (χ1) is 6.63. The summed E-state index contributed by atoms with van der Waals surface area (Å²) in [6.07, 6.45) is 1.11. The van der Waals surface area contributed by atoms with Gasteiger partial charge in [0.2, 0.25) is 0 Å². The maximum absolute atomic E-state index is 5.47. The molecule has 0 atom stereocenters. The van der Waals surface area contributed by atoms with Crippen molar-refractivity contribution in [3.63, 3.8) is 0 Å². The zero-order chi connectivity index (χ0) is 10.8. The monoisotopic (exact) mass is 202 g/mol. The molecule has 0 unspecified atom stereocenters. The van der Waals surface area contributed by atoms with Crippen LogP contribution in [0.3, 0.4) is 0 Å². The molecule has 0 saturated carbocycles. The highest BCUT2D eigenvalue weighted by Crippen LogP contribution is 1.92. The van der Waals surface area contributed by atoms with Crippen molar-refractivity contribution in [2.75, 3.05) is 46.9 Å². The molecule has 0 amide bonds. The Hall–Kier alpha value is -0.120. The van der Waals surface area contributed by atoms with Gasteiger partial charge in [0.05, 0.1) is 0 Å². The Bertz CT molecular complexity index is 102. The van der Waals surface area contributed by atoms with Crippen LogP contribution in [0.2, 0.25) is 0 Å². The van der Waals surface area contributed by atoms with Crippen LogP contribution in [-0.2, 0) is 4.74 Å². The molecule has 14 heavy (non-hydrogen) atoms. The van der Waals surface area contributed by atoms with Gasteiger partial charge in [0.25, 0.3) is 0 Å². The van der Waals surface area contributed by atoms with E-state index in [4.69, 9.17) is 4.74 Å². The lowest BCUT2D eigenvalue weighted by molar-refractivity contribution is 0.108. The molecular formula is C11H26N2O. The van der Waals surface area contributed by atoms with E-state index in [-0.39, 0.29) is 0 Å². The molecule has 0 aromatic carbocycles. The zero-order valence-electron chi connectivity index (χ0n) is 10.2. The molecule has 0 bridgehead atoms. The molecular weight excluding hydrogens is 176 g/mol. The van der Waals surface area contributed by atoms with E-state index < -0.39 is 0 Å². The molecule has 86 valence electrons. The van der Waals surface area contributed by atoms with Crippen molar-refractivity contribution in [1.82, 2.24) is 10.2 Å². The lowest BCUT2D eigenvalue weighted by atomic mass is 10.2. The highest BCUT2D eigenvalue weighted by atomic mass is 16.5. The van der Waals surface area contributed by atoms with Crippen molar-refractivity contribution >= 4 is 0 Å². The lowest BCUT2D eigenvalue weighted by Gasteiger charge is -2.10. The lowest BCUT2D eigenvalue weighted by Crippen LogP contribution is -2.27. The molecule has 0 aliphatic heterocycles. The van der Waals surface area contributed by atoms with E-state index in [9.17, 15) is 0 Å². The maximum Gasteiger partial charge on any atom is 0.0489 e. The van der Waals surface area contributed by atoms with Crippen LogP contribution in [0.1, 0.15) is 20.3 Å². The quantitative estimate of drug-likeness (QED) is 0.569. The van der Waals surface area contributed by atoms with Gasteiger partial charge < -0.3 is 15.0 Å². The third-order valence-corrected chi connectivity index (χ3v) is 1.83. The van der Waals surface area contributed by atoms with Gasteiger partial charge in [0, 0.05) is 26.3 Å². The van der Waals surface area contributed by atoms with Gasteiger partial charge in [-0.1, -0.05) is 13.8 Å². The first-order valence-electron chi connectivity index (χ1n) is 5.56. The van der Waals surface area contributed by atoms with Crippen molar-refractivity contribution in [3.05, 3.63) is 0 Å². The Morgan fingerprint density at radius 3 is 2.50 bits per heavy atom. The molecule has 0 aromatic rings. The van der Waals surface area contributed by atoms with Gasteiger partial charge in [-0.25, -0.2) is 0 Å². The predicted molar refractivity (Wildman–Crippen MR) is 61.7 cm³/mol. The average Bonchev–Trinajstić information content (AvgIpc) is 2.08. The van der Waals surface area contributed by atoms with Gasteiger partial charge in [0.15, 0.2) is 0 Å². The summed E-state index contributed by atoms with van der Waals surface area (Å²) >= 11 is 0. The third kappa shape index (κ3) is 11.9. The van der Waals surface area contributed by atoms with E-state index in [1.807, 2.05) is 0 Å². The second-order valence-corrected chi connectivity index (χ2v) is 4.38. The highest BCUT2D eigenvalue weighted by Gasteiger charge is 1.94. The van der Waals surface area contributed by atoms with E-state index in [0.29, 0.717) is 5.92 Å². The van der Waals surface area contributed by atoms with Crippen LogP contribution in [0.5, 0.6) is 0 Å². The van der Waals surface area contributed by atoms with Crippen molar-refractivity contribution in [2.45, 2.75) is 20.3 Å². The standard InChI is InChI=1S/C11H26N2O/c1-11(2)10-14-9-5-6-12-7-8-13(3)4/h11-12H,5-10H2,1-4H3. The van der Waals surface area contributed by atoms with E-state index in [0.717, 1.165) is 39.3 Å². The average molecular weight is 202 g/mol. The van der Waals surface area contributed by atoms with Crippen molar-refractivity contribution in [1.29, 1.82) is 0 Å². The smallest absolute Gasteiger partial charge is 0.0489 e. The van der Waals surface area contributed by atoms with Gasteiger partial charge in [-0.15, -0.1) is 0 Å². The summed E-state index contributed by atoms with van der Waals surface area (Å²) in [5.41, 5.74) is 0. The second-order valence-electron chi connectivity index (χ2n) is 4.38. The first-order valence-corrected chi connectivity index (χ1v) is 5.56. The van der Waals surface area contributed by atoms with Crippen molar-refractivity contribution in [2.24, 2.45) is 5.92 Å². The summed E-state index contributed by atoms with van der Waals surface area (Å²) in [6.45, 7) is 9.35.